The standard InChI is InChI=1S/C36H53N13O12/c37-12-2-1-7-22-21-42-33(56)25-10-8-23(35(58)48(25)60)31(54)40-13-5-17-46(29(52)19-27(50)44-38)15-3-4-16-47(30(53)20-28(51)45-39)18-6-14-41-32(55)24-9-11-26(34(57)43-22)49(61)36(24)59/h8-11,22,60-61H,1-7,12-21,37-39H2,(H,40,54)(H,41,55)(H,42,56)(H,43,57)(H,44,50)(H,45,51)/t22-/m0/s1. The molecule has 0 saturated heterocycles. The molecular formula is C36H53N13O12. The molecule has 0 aliphatic carbocycles. The highest BCUT2D eigenvalue weighted by molar-refractivity contribution is 5.98. The number of aromatic nitrogens is 2. The van der Waals surface area contributed by atoms with E-state index >= 15 is 0 Å². The smallest absolute Gasteiger partial charge is 0.296 e. The van der Waals surface area contributed by atoms with Crippen LogP contribution >= 0.6 is 0 Å². The molecule has 3 aliphatic rings. The summed E-state index contributed by atoms with van der Waals surface area (Å²) in [6, 6.07) is 3.30. The minimum absolute atomic E-state index is 0.00839. The van der Waals surface area contributed by atoms with Crippen LogP contribution in [0.2, 0.25) is 0 Å². The Kier molecular flexibility index (Phi) is 19.3. The second kappa shape index (κ2) is 24.3. The lowest BCUT2D eigenvalue weighted by Crippen LogP contribution is -2.46. The minimum Gasteiger partial charge on any atom is -0.425 e. The zero-order valence-corrected chi connectivity index (χ0v) is 33.4. The number of rotatable bonds is 8. The number of nitrogens with one attached hydrogen (secondary N) is 6. The maximum absolute atomic E-state index is 13.2. The van der Waals surface area contributed by atoms with E-state index in [1.54, 1.807) is 0 Å². The number of hydrogen-bond donors (Lipinski definition) is 11. The Morgan fingerprint density at radius 1 is 0.623 bits per heavy atom. The first-order valence-electron chi connectivity index (χ1n) is 19.4. The van der Waals surface area contributed by atoms with Crippen molar-refractivity contribution in [2.24, 2.45) is 17.4 Å². The molecule has 2 aromatic rings. The molecule has 3 aliphatic heterocycles. The van der Waals surface area contributed by atoms with Crippen LogP contribution < -0.4 is 60.7 Å². The van der Waals surface area contributed by atoms with E-state index in [0.29, 0.717) is 32.2 Å². The predicted molar refractivity (Wildman–Crippen MR) is 212 cm³/mol. The van der Waals surface area contributed by atoms with Crippen molar-refractivity contribution in [3.63, 3.8) is 0 Å². The summed E-state index contributed by atoms with van der Waals surface area (Å²) in [5.41, 5.74) is 4.80. The van der Waals surface area contributed by atoms with Crippen molar-refractivity contribution in [2.45, 2.75) is 63.8 Å². The first kappa shape index (κ1) is 48.5. The van der Waals surface area contributed by atoms with Crippen LogP contribution in [0.15, 0.2) is 33.9 Å². The van der Waals surface area contributed by atoms with E-state index in [1.807, 2.05) is 10.9 Å². The number of amides is 8. The number of fused-ring (bicyclic) bond motifs is 2. The second-order valence-corrected chi connectivity index (χ2v) is 13.8. The largest absolute Gasteiger partial charge is 0.425 e. The Hall–Kier alpha value is -6.86. The van der Waals surface area contributed by atoms with Crippen LogP contribution in [0.3, 0.4) is 0 Å². The highest BCUT2D eigenvalue weighted by atomic mass is 16.5. The Labute approximate surface area is 348 Å². The fraction of sp³-hybridized carbons (Fsp3) is 0.500. The van der Waals surface area contributed by atoms with Crippen LogP contribution in [0.5, 0.6) is 0 Å². The molecule has 0 spiro atoms. The van der Waals surface area contributed by atoms with E-state index < -0.39 is 99.8 Å². The van der Waals surface area contributed by atoms with Crippen molar-refractivity contribution >= 4 is 47.3 Å². The van der Waals surface area contributed by atoms with Gasteiger partial charge in [0, 0.05) is 51.9 Å². The highest BCUT2D eigenvalue weighted by Gasteiger charge is 2.24. The molecule has 5 rings (SSSR count). The topological polar surface area (TPSA) is 378 Å². The maximum Gasteiger partial charge on any atom is 0.296 e. The fourth-order valence-electron chi connectivity index (χ4n) is 6.13. The Morgan fingerprint density at radius 2 is 1.07 bits per heavy atom. The number of carbonyl (C=O) groups excluding carboxylic acids is 8. The number of unbranched alkanes of at least 4 members (excludes halogenated alkanes) is 1. The van der Waals surface area contributed by atoms with Gasteiger partial charge in [0.15, 0.2) is 0 Å². The molecule has 25 heteroatoms. The number of hydrazine groups is 2. The number of pyridine rings is 2. The normalized spacial score (nSPS) is 16.7. The van der Waals surface area contributed by atoms with Crippen LogP contribution in [0.1, 0.15) is 99.5 Å². The van der Waals surface area contributed by atoms with E-state index in [4.69, 9.17) is 17.4 Å². The summed E-state index contributed by atoms with van der Waals surface area (Å²) < 4.78 is -0.0242. The van der Waals surface area contributed by atoms with Gasteiger partial charge in [-0.05, 0) is 69.3 Å². The molecule has 8 amide bonds. The van der Waals surface area contributed by atoms with Gasteiger partial charge in [0.1, 0.15) is 35.4 Å². The Bertz CT molecular complexity index is 2050. The van der Waals surface area contributed by atoms with Gasteiger partial charge in [0.2, 0.25) is 23.6 Å². The van der Waals surface area contributed by atoms with Crippen molar-refractivity contribution in [3.8, 4) is 0 Å². The van der Waals surface area contributed by atoms with E-state index in [-0.39, 0.29) is 74.5 Å². The summed E-state index contributed by atoms with van der Waals surface area (Å²) in [6.45, 7) is 0.209. The van der Waals surface area contributed by atoms with Crippen LogP contribution in [-0.2, 0) is 19.2 Å². The lowest BCUT2D eigenvalue weighted by Gasteiger charge is -2.25. The van der Waals surface area contributed by atoms with E-state index in [9.17, 15) is 58.4 Å². The minimum atomic E-state index is -1.23. The molecule has 61 heavy (non-hydrogen) atoms. The monoisotopic (exact) mass is 859 g/mol. The maximum atomic E-state index is 13.2. The molecule has 4 bridgehead atoms. The summed E-state index contributed by atoms with van der Waals surface area (Å²) in [5.74, 6) is 3.93. The van der Waals surface area contributed by atoms with Crippen molar-refractivity contribution in [1.29, 1.82) is 0 Å². The molecule has 0 fully saturated rings. The van der Waals surface area contributed by atoms with Crippen molar-refractivity contribution < 1.29 is 48.8 Å². The zero-order chi connectivity index (χ0) is 45.1. The van der Waals surface area contributed by atoms with Gasteiger partial charge >= 0.3 is 0 Å². The van der Waals surface area contributed by atoms with Crippen LogP contribution in [-0.4, -0.2) is 135 Å². The molecule has 14 N–H and O–H groups in total. The molecule has 5 heterocycles. The van der Waals surface area contributed by atoms with Crippen LogP contribution in [0.25, 0.3) is 0 Å². The molecule has 0 unspecified atom stereocenters. The van der Waals surface area contributed by atoms with E-state index in [0.717, 1.165) is 24.3 Å². The molecule has 0 aromatic carbocycles. The molecule has 334 valence electrons. The average Bonchev–Trinajstić information content (AvgIpc) is 3.23. The van der Waals surface area contributed by atoms with Crippen molar-refractivity contribution in [2.75, 3.05) is 52.4 Å². The van der Waals surface area contributed by atoms with Gasteiger partial charge in [-0.3, -0.25) is 58.8 Å². The van der Waals surface area contributed by atoms with Gasteiger partial charge in [-0.2, -0.15) is 0 Å². The lowest BCUT2D eigenvalue weighted by molar-refractivity contribution is -0.138. The number of nitrogens with two attached hydrogens (primary N) is 3. The molecule has 1 atom stereocenters. The molecule has 25 nitrogen and oxygen atoms in total. The number of nitrogens with zero attached hydrogens (tertiary/aromatic N) is 4. The fourth-order valence-corrected chi connectivity index (χ4v) is 6.13. The van der Waals surface area contributed by atoms with Gasteiger partial charge in [-0.1, -0.05) is 6.42 Å². The van der Waals surface area contributed by atoms with Gasteiger partial charge < -0.3 is 47.2 Å². The highest BCUT2D eigenvalue weighted by Crippen LogP contribution is 2.08. The predicted octanol–water partition coefficient (Wildman–Crippen LogP) is -4.41. The Balaban J connectivity index is 1.92. The Morgan fingerprint density at radius 3 is 1.51 bits per heavy atom. The van der Waals surface area contributed by atoms with Gasteiger partial charge in [-0.25, -0.2) is 11.7 Å². The second-order valence-electron chi connectivity index (χ2n) is 13.8. The molecular weight excluding hydrogens is 806 g/mol. The van der Waals surface area contributed by atoms with E-state index in [2.05, 4.69) is 21.3 Å². The summed E-state index contributed by atoms with van der Waals surface area (Å²) >= 11 is 0. The van der Waals surface area contributed by atoms with Crippen molar-refractivity contribution in [3.05, 3.63) is 67.5 Å². The molecule has 2 aromatic heterocycles. The van der Waals surface area contributed by atoms with Gasteiger partial charge in [0.25, 0.3) is 34.7 Å². The summed E-state index contributed by atoms with van der Waals surface area (Å²) in [5, 5.41) is 31.3. The summed E-state index contributed by atoms with van der Waals surface area (Å²) in [7, 11) is 0. The van der Waals surface area contributed by atoms with Crippen molar-refractivity contribution in [1.82, 2.24) is 51.4 Å². The lowest BCUT2D eigenvalue weighted by atomic mass is 10.1. The van der Waals surface area contributed by atoms with Crippen LogP contribution in [0, 0.1) is 0 Å². The SMILES string of the molecule is NCCCC[C@H]1CNC(=O)c2ccc(c(=O)n2O)C(=O)NCCCN(C(=O)CC(=O)NN)CCCCN(C(=O)CC(=O)NN)CCCNC(=O)c2ccc(n(O)c2=O)C(=O)N1. The molecule has 0 saturated carbocycles. The third kappa shape index (κ3) is 14.4. The number of hydrogen-bond acceptors (Lipinski definition) is 15. The zero-order valence-electron chi connectivity index (χ0n) is 33.4. The third-order valence-electron chi connectivity index (χ3n) is 9.46. The summed E-state index contributed by atoms with van der Waals surface area (Å²) in [6.07, 6.45) is 1.02. The molecule has 0 radical (unpaired) electrons. The first-order valence-corrected chi connectivity index (χ1v) is 19.4. The quantitative estimate of drug-likeness (QED) is 0.0298. The van der Waals surface area contributed by atoms with E-state index in [1.165, 1.54) is 9.80 Å². The first-order chi connectivity index (χ1) is 29.1. The number of carbonyl (C=O) groups is 8. The van der Waals surface area contributed by atoms with Crippen LogP contribution in [0.4, 0.5) is 0 Å². The third-order valence-corrected chi connectivity index (χ3v) is 9.46. The van der Waals surface area contributed by atoms with Gasteiger partial charge in [-0.15, -0.1) is 9.46 Å². The summed E-state index contributed by atoms with van der Waals surface area (Å²) in [4.78, 5) is 131. The average molecular weight is 860 g/mol. The van der Waals surface area contributed by atoms with Gasteiger partial charge in [0.05, 0.1) is 0 Å².